The molecule has 20 heavy (non-hydrogen) atoms. The molecule has 1 aliphatic heterocycles. The fourth-order valence-corrected chi connectivity index (χ4v) is 1.94. The molecule has 1 aliphatic rings. The molecule has 0 saturated carbocycles. The molecule has 1 aromatic carbocycles. The van der Waals surface area contributed by atoms with Gasteiger partial charge in [0.15, 0.2) is 0 Å². The van der Waals surface area contributed by atoms with Gasteiger partial charge in [-0.1, -0.05) is 12.1 Å². The van der Waals surface area contributed by atoms with E-state index in [-0.39, 0.29) is 18.8 Å². The quantitative estimate of drug-likeness (QED) is 0.677. The summed E-state index contributed by atoms with van der Waals surface area (Å²) in [5, 5.41) is 21.2. The highest BCUT2D eigenvalue weighted by molar-refractivity contribution is 6.17. The van der Waals surface area contributed by atoms with Crippen molar-refractivity contribution < 1.29 is 19.8 Å². The van der Waals surface area contributed by atoms with Crippen LogP contribution in [-0.4, -0.2) is 40.1 Å². The Bertz CT molecular complexity index is 566. The molecule has 1 aromatic rings. The van der Waals surface area contributed by atoms with E-state index in [1.54, 1.807) is 31.2 Å². The van der Waals surface area contributed by atoms with Crippen LogP contribution in [-0.2, 0) is 9.59 Å². The number of hydrogen-bond donors (Lipinski definition) is 3. The summed E-state index contributed by atoms with van der Waals surface area (Å²) in [4.78, 5) is 24.5. The zero-order valence-corrected chi connectivity index (χ0v) is 11.0. The molecule has 0 bridgehead atoms. The summed E-state index contributed by atoms with van der Waals surface area (Å²) < 4.78 is 0. The molecule has 1 unspecified atom stereocenters. The summed E-state index contributed by atoms with van der Waals surface area (Å²) >= 11 is 0. The molecule has 6 nitrogen and oxygen atoms in total. The van der Waals surface area contributed by atoms with Crippen molar-refractivity contribution in [2.75, 3.05) is 18.5 Å². The van der Waals surface area contributed by atoms with Crippen molar-refractivity contribution in [1.29, 1.82) is 0 Å². The monoisotopic (exact) mass is 276 g/mol. The lowest BCUT2D eigenvalue weighted by Gasteiger charge is -2.14. The lowest BCUT2D eigenvalue weighted by molar-refractivity contribution is -0.137. The van der Waals surface area contributed by atoms with Crippen LogP contribution >= 0.6 is 0 Å². The third kappa shape index (κ3) is 2.87. The number of imide groups is 1. The first-order valence-electron chi connectivity index (χ1n) is 6.26. The van der Waals surface area contributed by atoms with Crippen LogP contribution in [0.1, 0.15) is 18.6 Å². The average molecular weight is 276 g/mol. The molecule has 106 valence electrons. The zero-order valence-electron chi connectivity index (χ0n) is 11.0. The molecule has 1 heterocycles. The fourth-order valence-electron chi connectivity index (χ4n) is 1.94. The molecule has 2 rings (SSSR count). The number of aliphatic hydroxyl groups is 2. The van der Waals surface area contributed by atoms with Gasteiger partial charge in [-0.25, -0.2) is 0 Å². The molecular formula is C14H16N2O4. The summed E-state index contributed by atoms with van der Waals surface area (Å²) in [6, 6.07) is 6.96. The van der Waals surface area contributed by atoms with Crippen LogP contribution in [0.2, 0.25) is 0 Å². The van der Waals surface area contributed by atoms with E-state index in [1.807, 2.05) is 0 Å². The summed E-state index contributed by atoms with van der Waals surface area (Å²) in [6.45, 7) is 1.36. The smallest absolute Gasteiger partial charge is 0.277 e. The molecule has 2 amide bonds. The first kappa shape index (κ1) is 14.2. The third-order valence-electron chi connectivity index (χ3n) is 2.98. The Balaban J connectivity index is 2.15. The lowest BCUT2D eigenvalue weighted by Crippen LogP contribution is -2.34. The number of nitrogens with zero attached hydrogens (tertiary/aromatic N) is 1. The van der Waals surface area contributed by atoms with Gasteiger partial charge in [-0.05, 0) is 24.6 Å². The fraction of sp³-hybridized carbons (Fsp3) is 0.286. The topological polar surface area (TPSA) is 89.9 Å². The molecule has 0 radical (unpaired) electrons. The van der Waals surface area contributed by atoms with Crippen LogP contribution in [0, 0.1) is 0 Å². The van der Waals surface area contributed by atoms with Gasteiger partial charge in [0, 0.05) is 11.8 Å². The average Bonchev–Trinajstić information content (AvgIpc) is 2.67. The van der Waals surface area contributed by atoms with Gasteiger partial charge in [0.05, 0.1) is 19.3 Å². The van der Waals surface area contributed by atoms with Gasteiger partial charge in [-0.2, -0.15) is 0 Å². The number of nitrogens with one attached hydrogen (secondary N) is 1. The van der Waals surface area contributed by atoms with Crippen LogP contribution < -0.4 is 5.32 Å². The van der Waals surface area contributed by atoms with E-state index in [0.29, 0.717) is 11.3 Å². The zero-order chi connectivity index (χ0) is 14.7. The number of rotatable bonds is 5. The van der Waals surface area contributed by atoms with Gasteiger partial charge in [0.2, 0.25) is 0 Å². The molecule has 1 atom stereocenters. The molecular weight excluding hydrogens is 260 g/mol. The van der Waals surface area contributed by atoms with Gasteiger partial charge in [0.1, 0.15) is 5.70 Å². The van der Waals surface area contributed by atoms with E-state index < -0.39 is 17.9 Å². The number of carbonyl (C=O) groups excluding carboxylic acids is 2. The number of benzene rings is 1. The number of anilines is 1. The van der Waals surface area contributed by atoms with Crippen LogP contribution in [0.4, 0.5) is 5.69 Å². The minimum Gasteiger partial charge on any atom is -0.395 e. The predicted octanol–water partition coefficient (Wildman–Crippen LogP) is 0.397. The highest BCUT2D eigenvalue weighted by atomic mass is 16.3. The van der Waals surface area contributed by atoms with Gasteiger partial charge < -0.3 is 15.5 Å². The Kier molecular flexibility index (Phi) is 4.16. The van der Waals surface area contributed by atoms with E-state index in [2.05, 4.69) is 5.32 Å². The third-order valence-corrected chi connectivity index (χ3v) is 2.98. The Morgan fingerprint density at radius 1 is 1.35 bits per heavy atom. The van der Waals surface area contributed by atoms with Gasteiger partial charge in [-0.3, -0.25) is 14.5 Å². The van der Waals surface area contributed by atoms with Crippen molar-refractivity contribution in [2.24, 2.45) is 0 Å². The first-order valence-corrected chi connectivity index (χ1v) is 6.26. The highest BCUT2D eigenvalue weighted by Crippen LogP contribution is 2.20. The molecule has 3 N–H and O–H groups in total. The Morgan fingerprint density at radius 2 is 2.10 bits per heavy atom. The molecule has 0 aliphatic carbocycles. The number of β-amino-alcohol motifs (C(OH)–C–C–N with tert-alkyl or cyclic N) is 1. The minimum absolute atomic E-state index is 0.0208. The highest BCUT2D eigenvalue weighted by Gasteiger charge is 2.30. The Morgan fingerprint density at radius 3 is 2.75 bits per heavy atom. The molecule has 6 heteroatoms. The van der Waals surface area contributed by atoms with E-state index in [4.69, 9.17) is 5.11 Å². The van der Waals surface area contributed by atoms with Gasteiger partial charge >= 0.3 is 0 Å². The van der Waals surface area contributed by atoms with Crippen LogP contribution in [0.5, 0.6) is 0 Å². The van der Waals surface area contributed by atoms with Crippen molar-refractivity contribution in [1.82, 2.24) is 4.90 Å². The van der Waals surface area contributed by atoms with E-state index in [1.165, 1.54) is 6.08 Å². The van der Waals surface area contributed by atoms with Crippen molar-refractivity contribution in [3.63, 3.8) is 0 Å². The van der Waals surface area contributed by atoms with Crippen LogP contribution in [0.15, 0.2) is 36.0 Å². The second kappa shape index (κ2) is 5.85. The van der Waals surface area contributed by atoms with Gasteiger partial charge in [-0.15, -0.1) is 0 Å². The van der Waals surface area contributed by atoms with Gasteiger partial charge in [0.25, 0.3) is 11.8 Å². The predicted molar refractivity (Wildman–Crippen MR) is 72.6 cm³/mol. The second-order valence-electron chi connectivity index (χ2n) is 4.50. The number of amides is 2. The number of carbonyl (C=O) groups is 2. The molecule has 0 spiro atoms. The first-order chi connectivity index (χ1) is 9.52. The Labute approximate surface area is 116 Å². The summed E-state index contributed by atoms with van der Waals surface area (Å²) in [5.74, 6) is -0.912. The molecule has 0 saturated heterocycles. The summed E-state index contributed by atoms with van der Waals surface area (Å²) in [5.41, 5.74) is 1.48. The largest absolute Gasteiger partial charge is 0.395 e. The van der Waals surface area contributed by atoms with Crippen molar-refractivity contribution in [3.8, 4) is 0 Å². The minimum atomic E-state index is -0.613. The maximum Gasteiger partial charge on any atom is 0.277 e. The van der Waals surface area contributed by atoms with E-state index >= 15 is 0 Å². The standard InChI is InChI=1S/C14H16N2O4/c1-9(18)10-3-2-4-11(7-10)15-12-8-13(19)16(5-6-17)14(12)20/h2-4,7-9,15,17-18H,5-6H2,1H3. The number of hydrogen-bond acceptors (Lipinski definition) is 5. The summed E-state index contributed by atoms with van der Waals surface area (Å²) in [7, 11) is 0. The SMILES string of the molecule is CC(O)c1cccc(NC2=CC(=O)N(CCO)C2=O)c1. The van der Waals surface area contributed by atoms with Crippen LogP contribution in [0.3, 0.4) is 0 Å². The molecule has 0 aromatic heterocycles. The molecule has 0 fully saturated rings. The number of aliphatic hydroxyl groups excluding tert-OH is 2. The normalized spacial score (nSPS) is 16.4. The van der Waals surface area contributed by atoms with Crippen molar-refractivity contribution in [3.05, 3.63) is 41.6 Å². The second-order valence-corrected chi connectivity index (χ2v) is 4.50. The van der Waals surface area contributed by atoms with Crippen molar-refractivity contribution >= 4 is 17.5 Å². The summed E-state index contributed by atoms with van der Waals surface area (Å²) in [6.07, 6.45) is 0.588. The lowest BCUT2D eigenvalue weighted by atomic mass is 10.1. The Hall–Kier alpha value is -2.18. The van der Waals surface area contributed by atoms with E-state index in [0.717, 1.165) is 4.90 Å². The maximum atomic E-state index is 11.9. The van der Waals surface area contributed by atoms with E-state index in [9.17, 15) is 14.7 Å². The van der Waals surface area contributed by atoms with Crippen LogP contribution in [0.25, 0.3) is 0 Å². The van der Waals surface area contributed by atoms with Crippen molar-refractivity contribution in [2.45, 2.75) is 13.0 Å². The maximum absolute atomic E-state index is 11.9.